The van der Waals surface area contributed by atoms with Crippen LogP contribution in [0.5, 0.6) is 0 Å². The SMILES string of the molecule is O=C(CCl)Nc1cc(Cl)cc(Cl)c1. The van der Waals surface area contributed by atoms with Gasteiger partial charge in [0.1, 0.15) is 5.88 Å². The molecule has 0 heterocycles. The molecule has 0 unspecified atom stereocenters. The molecule has 1 aromatic carbocycles. The highest BCUT2D eigenvalue weighted by molar-refractivity contribution is 6.35. The van der Waals surface area contributed by atoms with Gasteiger partial charge in [0, 0.05) is 15.7 Å². The molecule has 1 rings (SSSR count). The monoisotopic (exact) mass is 237 g/mol. The summed E-state index contributed by atoms with van der Waals surface area (Å²) in [7, 11) is 0. The van der Waals surface area contributed by atoms with E-state index in [1.165, 1.54) is 0 Å². The molecule has 0 bridgehead atoms. The van der Waals surface area contributed by atoms with Crippen molar-refractivity contribution in [1.82, 2.24) is 0 Å². The van der Waals surface area contributed by atoms with Gasteiger partial charge in [0.15, 0.2) is 0 Å². The number of nitrogens with one attached hydrogen (secondary N) is 1. The Balaban J connectivity index is 2.83. The highest BCUT2D eigenvalue weighted by Crippen LogP contribution is 2.22. The third-order valence-corrected chi connectivity index (χ3v) is 1.95. The van der Waals surface area contributed by atoms with E-state index in [1.807, 2.05) is 0 Å². The van der Waals surface area contributed by atoms with E-state index in [0.29, 0.717) is 15.7 Å². The molecule has 0 radical (unpaired) electrons. The second-order valence-corrected chi connectivity index (χ2v) is 3.48. The Hall–Kier alpha value is -0.440. The molecule has 0 saturated carbocycles. The molecule has 1 amide bonds. The Morgan fingerprint density at radius 1 is 1.23 bits per heavy atom. The Bertz CT molecular complexity index is 307. The van der Waals surface area contributed by atoms with E-state index in [9.17, 15) is 4.79 Å². The maximum atomic E-state index is 10.9. The smallest absolute Gasteiger partial charge is 0.239 e. The van der Waals surface area contributed by atoms with Gasteiger partial charge in [0.05, 0.1) is 0 Å². The van der Waals surface area contributed by atoms with E-state index >= 15 is 0 Å². The average molecular weight is 239 g/mol. The Morgan fingerprint density at radius 3 is 2.23 bits per heavy atom. The Kier molecular flexibility index (Phi) is 3.85. The van der Waals surface area contributed by atoms with Crippen molar-refractivity contribution >= 4 is 46.4 Å². The molecule has 0 spiro atoms. The molecule has 0 atom stereocenters. The van der Waals surface area contributed by atoms with Crippen molar-refractivity contribution in [3.63, 3.8) is 0 Å². The standard InChI is InChI=1S/C8H6Cl3NO/c9-4-8(13)12-7-2-5(10)1-6(11)3-7/h1-3H,4H2,(H,12,13). The summed E-state index contributed by atoms with van der Waals surface area (Å²) < 4.78 is 0. The zero-order valence-corrected chi connectivity index (χ0v) is 8.75. The number of hydrogen-bond donors (Lipinski definition) is 1. The molecule has 13 heavy (non-hydrogen) atoms. The van der Waals surface area contributed by atoms with Crippen LogP contribution in [0.2, 0.25) is 10.0 Å². The van der Waals surface area contributed by atoms with Crippen LogP contribution in [0, 0.1) is 0 Å². The lowest BCUT2D eigenvalue weighted by Gasteiger charge is -2.03. The predicted molar refractivity (Wildman–Crippen MR) is 55.8 cm³/mol. The van der Waals surface area contributed by atoms with Crippen molar-refractivity contribution in [2.75, 3.05) is 11.2 Å². The minimum Gasteiger partial charge on any atom is -0.325 e. The van der Waals surface area contributed by atoms with E-state index in [1.54, 1.807) is 18.2 Å². The van der Waals surface area contributed by atoms with Gasteiger partial charge in [-0.1, -0.05) is 23.2 Å². The van der Waals surface area contributed by atoms with Crippen LogP contribution in [-0.4, -0.2) is 11.8 Å². The fourth-order valence-corrected chi connectivity index (χ4v) is 1.41. The second-order valence-electron chi connectivity index (χ2n) is 2.34. The number of carbonyl (C=O) groups is 1. The number of alkyl halides is 1. The number of benzene rings is 1. The molecule has 70 valence electrons. The molecule has 0 aliphatic heterocycles. The molecule has 0 fully saturated rings. The molecular formula is C8H6Cl3NO. The number of rotatable bonds is 2. The van der Waals surface area contributed by atoms with Gasteiger partial charge >= 0.3 is 0 Å². The third kappa shape index (κ3) is 3.43. The molecule has 0 saturated heterocycles. The quantitative estimate of drug-likeness (QED) is 0.788. The van der Waals surface area contributed by atoms with E-state index in [0.717, 1.165) is 0 Å². The van der Waals surface area contributed by atoms with Crippen LogP contribution >= 0.6 is 34.8 Å². The lowest BCUT2D eigenvalue weighted by atomic mass is 10.3. The fourth-order valence-electron chi connectivity index (χ4n) is 0.820. The first-order valence-corrected chi connectivity index (χ1v) is 4.73. The van der Waals surface area contributed by atoms with Gasteiger partial charge < -0.3 is 5.32 Å². The molecule has 0 aliphatic rings. The van der Waals surface area contributed by atoms with Crippen molar-refractivity contribution < 1.29 is 4.79 Å². The molecule has 0 aliphatic carbocycles. The topological polar surface area (TPSA) is 29.1 Å². The van der Waals surface area contributed by atoms with Gasteiger partial charge in [-0.2, -0.15) is 0 Å². The molecule has 0 aromatic heterocycles. The largest absolute Gasteiger partial charge is 0.325 e. The maximum absolute atomic E-state index is 10.9. The zero-order chi connectivity index (χ0) is 9.84. The second kappa shape index (κ2) is 4.70. The van der Waals surface area contributed by atoms with Gasteiger partial charge in [-0.15, -0.1) is 11.6 Å². The van der Waals surface area contributed by atoms with E-state index in [4.69, 9.17) is 34.8 Å². The van der Waals surface area contributed by atoms with Crippen LogP contribution < -0.4 is 5.32 Å². The first-order chi connectivity index (χ1) is 6.11. The van der Waals surface area contributed by atoms with Crippen LogP contribution in [0.25, 0.3) is 0 Å². The Labute approximate surface area is 90.8 Å². The van der Waals surface area contributed by atoms with Gasteiger partial charge in [-0.05, 0) is 18.2 Å². The lowest BCUT2D eigenvalue weighted by Crippen LogP contribution is -2.12. The van der Waals surface area contributed by atoms with Crippen LogP contribution in [-0.2, 0) is 4.79 Å². The van der Waals surface area contributed by atoms with Crippen molar-refractivity contribution in [3.8, 4) is 0 Å². The summed E-state index contributed by atoms with van der Waals surface area (Å²) in [6, 6.07) is 4.77. The van der Waals surface area contributed by atoms with Gasteiger partial charge in [0.25, 0.3) is 0 Å². The van der Waals surface area contributed by atoms with Crippen molar-refractivity contribution in [2.45, 2.75) is 0 Å². The summed E-state index contributed by atoms with van der Waals surface area (Å²) in [5.41, 5.74) is 0.545. The van der Waals surface area contributed by atoms with E-state index in [-0.39, 0.29) is 11.8 Å². The third-order valence-electron chi connectivity index (χ3n) is 1.27. The van der Waals surface area contributed by atoms with Crippen LogP contribution in [0.3, 0.4) is 0 Å². The summed E-state index contributed by atoms with van der Waals surface area (Å²) in [6.07, 6.45) is 0. The number of halogens is 3. The van der Waals surface area contributed by atoms with Crippen molar-refractivity contribution in [2.24, 2.45) is 0 Å². The molecular weight excluding hydrogens is 232 g/mol. The summed E-state index contributed by atoms with van der Waals surface area (Å²) in [4.78, 5) is 10.9. The predicted octanol–water partition coefficient (Wildman–Crippen LogP) is 3.17. The fraction of sp³-hybridized carbons (Fsp3) is 0.125. The van der Waals surface area contributed by atoms with Gasteiger partial charge in [0.2, 0.25) is 5.91 Å². The molecule has 5 heteroatoms. The zero-order valence-electron chi connectivity index (χ0n) is 6.48. The Morgan fingerprint density at radius 2 is 1.77 bits per heavy atom. The molecule has 1 aromatic rings. The van der Waals surface area contributed by atoms with Crippen LogP contribution in [0.15, 0.2) is 18.2 Å². The van der Waals surface area contributed by atoms with Crippen molar-refractivity contribution in [3.05, 3.63) is 28.2 Å². The average Bonchev–Trinajstić information content (AvgIpc) is 2.02. The molecule has 1 N–H and O–H groups in total. The number of hydrogen-bond acceptors (Lipinski definition) is 1. The van der Waals surface area contributed by atoms with Crippen molar-refractivity contribution in [1.29, 1.82) is 0 Å². The summed E-state index contributed by atoms with van der Waals surface area (Å²) in [6.45, 7) is 0. The normalized spacial score (nSPS) is 9.77. The van der Waals surface area contributed by atoms with Crippen LogP contribution in [0.4, 0.5) is 5.69 Å². The first kappa shape index (κ1) is 10.6. The number of carbonyl (C=O) groups excluding carboxylic acids is 1. The van der Waals surface area contributed by atoms with E-state index < -0.39 is 0 Å². The lowest BCUT2D eigenvalue weighted by molar-refractivity contribution is -0.113. The number of anilines is 1. The summed E-state index contributed by atoms with van der Waals surface area (Å²) in [5.74, 6) is -0.385. The summed E-state index contributed by atoms with van der Waals surface area (Å²) in [5, 5.41) is 3.47. The first-order valence-electron chi connectivity index (χ1n) is 3.43. The number of amides is 1. The van der Waals surface area contributed by atoms with Gasteiger partial charge in [-0.25, -0.2) is 0 Å². The van der Waals surface area contributed by atoms with Crippen LogP contribution in [0.1, 0.15) is 0 Å². The summed E-state index contributed by atoms with van der Waals surface area (Å²) >= 11 is 16.7. The highest BCUT2D eigenvalue weighted by Gasteiger charge is 2.01. The minimum absolute atomic E-state index is 0.0931. The maximum Gasteiger partial charge on any atom is 0.239 e. The van der Waals surface area contributed by atoms with E-state index in [2.05, 4.69) is 5.32 Å². The molecule has 2 nitrogen and oxygen atoms in total. The highest BCUT2D eigenvalue weighted by atomic mass is 35.5. The van der Waals surface area contributed by atoms with Gasteiger partial charge in [-0.3, -0.25) is 4.79 Å². The minimum atomic E-state index is -0.292.